The van der Waals surface area contributed by atoms with Crippen LogP contribution in [0.15, 0.2) is 109 Å². The summed E-state index contributed by atoms with van der Waals surface area (Å²) in [6, 6.07) is 0. The second-order valence-corrected chi connectivity index (χ2v) is 19.8. The van der Waals surface area contributed by atoms with Crippen molar-refractivity contribution in [3.63, 3.8) is 0 Å². The molecule has 0 fully saturated rings. The van der Waals surface area contributed by atoms with Gasteiger partial charge in [-0.05, 0) is 103 Å². The average Bonchev–Trinajstić information content (AvgIpc) is 3.35. The Morgan fingerprint density at radius 2 is 0.792 bits per heavy atom. The molecule has 0 bridgehead atoms. The molecule has 2 atom stereocenters. The monoisotopic (exact) mass is 1000 g/mol. The Hall–Kier alpha value is -4.05. The van der Waals surface area contributed by atoms with Crippen LogP contribution < -0.4 is 5.11 Å². The van der Waals surface area contributed by atoms with Crippen molar-refractivity contribution in [3.8, 4) is 0 Å². The molecule has 0 N–H and O–H groups in total. The summed E-state index contributed by atoms with van der Waals surface area (Å²) >= 11 is 0. The van der Waals surface area contributed by atoms with E-state index in [9.17, 15) is 19.5 Å². The van der Waals surface area contributed by atoms with Gasteiger partial charge in [-0.2, -0.15) is 0 Å². The van der Waals surface area contributed by atoms with Gasteiger partial charge in [-0.15, -0.1) is 0 Å². The number of allylic oxidation sites excluding steroid dienone is 18. The number of unbranched alkanes of at least 4 members (excludes halogenated alkanes) is 18. The molecule has 0 aromatic rings. The van der Waals surface area contributed by atoms with E-state index in [2.05, 4.69) is 123 Å². The number of nitrogens with zero attached hydrogens (tertiary/aromatic N) is 1. The van der Waals surface area contributed by atoms with Gasteiger partial charge in [0.1, 0.15) is 13.2 Å². The molecule has 2 unspecified atom stereocenters. The Morgan fingerprint density at radius 1 is 0.431 bits per heavy atom. The third kappa shape index (κ3) is 53.7. The molecule has 0 saturated heterocycles. The summed E-state index contributed by atoms with van der Waals surface area (Å²) in [4.78, 5) is 37.2. The summed E-state index contributed by atoms with van der Waals surface area (Å²) < 4.78 is 22.6. The van der Waals surface area contributed by atoms with Crippen LogP contribution in [-0.2, 0) is 33.3 Å². The smallest absolute Gasteiger partial charge is 0.306 e. The molecule has 0 radical (unpaired) electrons. The van der Waals surface area contributed by atoms with Gasteiger partial charge in [0.05, 0.1) is 40.3 Å². The van der Waals surface area contributed by atoms with Crippen molar-refractivity contribution in [1.29, 1.82) is 0 Å². The molecule has 410 valence electrons. The number of esters is 2. The maximum atomic E-state index is 12.9. The van der Waals surface area contributed by atoms with Gasteiger partial charge < -0.3 is 33.3 Å². The third-order valence-corrected chi connectivity index (χ3v) is 11.8. The highest BCUT2D eigenvalue weighted by Gasteiger charge is 2.22. The summed E-state index contributed by atoms with van der Waals surface area (Å²) in [6.45, 7) is 4.59. The quantitative estimate of drug-likeness (QED) is 0.0195. The Kier molecular flexibility index (Phi) is 50.3. The summed E-state index contributed by atoms with van der Waals surface area (Å²) in [6.07, 6.45) is 69.9. The Balaban J connectivity index is 4.32. The van der Waals surface area contributed by atoms with Crippen molar-refractivity contribution in [2.24, 2.45) is 0 Å². The van der Waals surface area contributed by atoms with E-state index in [1.807, 2.05) is 21.1 Å². The fraction of sp³-hybridized carbons (Fsp3) is 0.667. The number of hydrogen-bond donors (Lipinski definition) is 0. The van der Waals surface area contributed by atoms with Crippen molar-refractivity contribution in [2.45, 2.75) is 225 Å². The zero-order valence-electron chi connectivity index (χ0n) is 46.5. The van der Waals surface area contributed by atoms with Crippen LogP contribution in [0.25, 0.3) is 0 Å². The number of hydrogen-bond acceptors (Lipinski definition) is 8. The molecule has 72 heavy (non-hydrogen) atoms. The lowest BCUT2D eigenvalue weighted by molar-refractivity contribution is -0.870. The van der Waals surface area contributed by atoms with Gasteiger partial charge in [0.25, 0.3) is 0 Å². The Morgan fingerprint density at radius 3 is 1.19 bits per heavy atom. The van der Waals surface area contributed by atoms with E-state index < -0.39 is 24.3 Å². The fourth-order valence-corrected chi connectivity index (χ4v) is 7.37. The molecular weight excluding hydrogens is 899 g/mol. The molecule has 0 aliphatic rings. The van der Waals surface area contributed by atoms with Crippen LogP contribution in [0.2, 0.25) is 0 Å². The van der Waals surface area contributed by atoms with Crippen molar-refractivity contribution in [3.05, 3.63) is 109 Å². The van der Waals surface area contributed by atoms with E-state index in [0.717, 1.165) is 128 Å². The van der Waals surface area contributed by atoms with Gasteiger partial charge >= 0.3 is 11.9 Å². The van der Waals surface area contributed by atoms with Crippen LogP contribution in [0.1, 0.15) is 213 Å². The maximum absolute atomic E-state index is 12.9. The van der Waals surface area contributed by atoms with Gasteiger partial charge in [-0.25, -0.2) is 0 Å². The van der Waals surface area contributed by atoms with E-state index in [1.54, 1.807) is 0 Å². The van der Waals surface area contributed by atoms with Gasteiger partial charge in [0.15, 0.2) is 12.4 Å². The van der Waals surface area contributed by atoms with E-state index in [0.29, 0.717) is 17.4 Å². The molecule has 0 aliphatic carbocycles. The number of ether oxygens (including phenoxy) is 4. The lowest BCUT2D eigenvalue weighted by Crippen LogP contribution is -2.44. The number of carbonyl (C=O) groups excluding carboxylic acids is 3. The number of carboxylic acids is 1. The van der Waals surface area contributed by atoms with Crippen molar-refractivity contribution in [1.82, 2.24) is 0 Å². The summed E-state index contributed by atoms with van der Waals surface area (Å²) in [5, 5.41) is 11.8. The van der Waals surface area contributed by atoms with Crippen molar-refractivity contribution < 1.29 is 42.9 Å². The van der Waals surface area contributed by atoms with Crippen LogP contribution in [0.4, 0.5) is 0 Å². The predicted molar refractivity (Wildman–Crippen MR) is 301 cm³/mol. The fourth-order valence-electron chi connectivity index (χ4n) is 7.37. The normalized spacial score (nSPS) is 13.6. The van der Waals surface area contributed by atoms with E-state index >= 15 is 0 Å². The van der Waals surface area contributed by atoms with Gasteiger partial charge in [0, 0.05) is 12.8 Å². The lowest BCUT2D eigenvalue weighted by atomic mass is 10.1. The molecule has 0 spiro atoms. The number of likely N-dealkylation sites (N-methyl/N-ethyl adjacent to an activating group) is 1. The van der Waals surface area contributed by atoms with Crippen LogP contribution >= 0.6 is 0 Å². The van der Waals surface area contributed by atoms with Gasteiger partial charge in [-0.3, -0.25) is 9.59 Å². The lowest BCUT2D eigenvalue weighted by Gasteiger charge is -2.26. The minimum Gasteiger partial charge on any atom is -0.545 e. The molecule has 0 saturated carbocycles. The van der Waals surface area contributed by atoms with Crippen molar-refractivity contribution >= 4 is 17.9 Å². The van der Waals surface area contributed by atoms with Crippen LogP contribution in [-0.4, -0.2) is 82.3 Å². The second kappa shape index (κ2) is 53.2. The summed E-state index contributed by atoms with van der Waals surface area (Å²) in [5.41, 5.74) is 0. The van der Waals surface area contributed by atoms with Gasteiger partial charge in [0.2, 0.25) is 0 Å². The first-order chi connectivity index (χ1) is 35.1. The number of quaternary nitrogens is 1. The average molecular weight is 1000 g/mol. The summed E-state index contributed by atoms with van der Waals surface area (Å²) in [5.74, 6) is -2.32. The number of carboxylic acid groups (broad SMARTS) is 1. The molecule has 0 heterocycles. The third-order valence-electron chi connectivity index (χ3n) is 11.8. The molecular formula is C63H105NO8. The molecule has 0 aromatic carbocycles. The molecule has 0 aliphatic heterocycles. The van der Waals surface area contributed by atoms with Gasteiger partial charge in [-0.1, -0.05) is 207 Å². The van der Waals surface area contributed by atoms with E-state index in [1.165, 1.54) is 51.4 Å². The molecule has 0 rings (SSSR count). The highest BCUT2D eigenvalue weighted by atomic mass is 16.7. The summed E-state index contributed by atoms with van der Waals surface area (Å²) in [7, 11) is 5.90. The largest absolute Gasteiger partial charge is 0.545 e. The second-order valence-electron chi connectivity index (χ2n) is 19.8. The number of carbonyl (C=O) groups is 3. The minimum atomic E-state index is -1.63. The van der Waals surface area contributed by atoms with Crippen molar-refractivity contribution in [2.75, 3.05) is 47.5 Å². The first-order valence-corrected chi connectivity index (χ1v) is 28.5. The number of rotatable bonds is 51. The van der Waals surface area contributed by atoms with Crippen LogP contribution in [0.3, 0.4) is 0 Å². The standard InChI is InChI=1S/C63H105NO8/c1-6-8-10-12-14-16-18-20-22-24-25-26-27-28-29-30-31-32-33-34-35-36-37-38-40-42-44-46-48-50-52-54-61(66)72-59(58-71-63(62(67)68)69-56-55-64(3,4)5)57-70-60(65)53-51-49-47-45-43-41-39-23-21-19-17-15-13-11-9-7-2/h8,10,14,16,20,22-23,25-26,28-29,31-32,34-35,37-39,59,63H,6-7,9,11-13,15,17-19,21,24,27,30,33,36,40-58H2,1-5H3/b10-8-,16-14-,22-20-,26-25-,29-28-,32-31-,35-34-,38-37-,39-23-. The van der Waals surface area contributed by atoms with Crippen LogP contribution in [0, 0.1) is 0 Å². The Bertz CT molecular complexity index is 1540. The first-order valence-electron chi connectivity index (χ1n) is 28.5. The maximum Gasteiger partial charge on any atom is 0.306 e. The zero-order chi connectivity index (χ0) is 52.7. The number of aliphatic carboxylic acids is 1. The zero-order valence-corrected chi connectivity index (χ0v) is 46.5. The highest BCUT2D eigenvalue weighted by Crippen LogP contribution is 2.14. The topological polar surface area (TPSA) is 111 Å². The Labute approximate surface area is 441 Å². The molecule has 0 aromatic heterocycles. The molecule has 0 amide bonds. The van der Waals surface area contributed by atoms with E-state index in [-0.39, 0.29) is 38.6 Å². The van der Waals surface area contributed by atoms with E-state index in [4.69, 9.17) is 18.9 Å². The predicted octanol–water partition coefficient (Wildman–Crippen LogP) is 15.4. The highest BCUT2D eigenvalue weighted by molar-refractivity contribution is 5.70. The molecule has 9 nitrogen and oxygen atoms in total. The molecule has 9 heteroatoms. The first kappa shape index (κ1) is 68.0. The SMILES string of the molecule is CC/C=C\C/C=C\C/C=C\C/C=C\C/C=C\C/C=C\C/C=C\C/C=C\CCCCCCCCC(=O)OC(COC(=O)CCCCCCC/C=C\CCCCCCCCC)COC(OCC[N+](C)(C)C)C(=O)[O-]. The minimum absolute atomic E-state index is 0.138. The van der Waals surface area contributed by atoms with Crippen LogP contribution in [0.5, 0.6) is 0 Å².